The van der Waals surface area contributed by atoms with Gasteiger partial charge in [0.05, 0.1) is 0 Å². The number of benzene rings is 1. The second-order valence-corrected chi connectivity index (χ2v) is 3.71. The number of thioether (sulfide) groups is 1. The normalized spacial score (nSPS) is 8.25. The molecule has 1 aromatic carbocycles. The fourth-order valence-corrected chi connectivity index (χ4v) is 1.93. The summed E-state index contributed by atoms with van der Waals surface area (Å²) >= 11 is 1.76. The van der Waals surface area contributed by atoms with Crippen molar-refractivity contribution >= 4 is 23.9 Å². The molecule has 0 aliphatic heterocycles. The predicted octanol–water partition coefficient (Wildman–Crippen LogP) is 4.20. The number of rotatable bonds is 3. The van der Waals surface area contributed by atoms with Crippen molar-refractivity contribution in [3.63, 3.8) is 0 Å². The van der Waals surface area contributed by atoms with Gasteiger partial charge in [-0.1, -0.05) is 45.2 Å². The Kier molecular flexibility index (Phi) is 10.1. The maximum atomic E-state index is 3.79. The summed E-state index contributed by atoms with van der Waals surface area (Å²) in [6.07, 6.45) is 5.83. The molecule has 16 heavy (non-hydrogen) atoms. The van der Waals surface area contributed by atoms with Crippen LogP contribution in [0, 0.1) is 6.92 Å². The lowest BCUT2D eigenvalue weighted by atomic mass is 10.0. The molecule has 1 aromatic rings. The van der Waals surface area contributed by atoms with Crippen LogP contribution < -0.4 is 0 Å². The van der Waals surface area contributed by atoms with E-state index in [4.69, 9.17) is 0 Å². The Bertz CT molecular complexity index is 343. The highest BCUT2D eigenvalue weighted by Crippen LogP contribution is 2.25. The monoisotopic (exact) mass is 238 g/mol. The first kappa shape index (κ1) is 17.4. The van der Waals surface area contributed by atoms with Gasteiger partial charge in [0, 0.05) is 4.90 Å². The predicted molar refractivity (Wildman–Crippen MR) is 78.1 cm³/mol. The fourth-order valence-electron chi connectivity index (χ4n) is 1.30. The number of hydrogen-bond acceptors (Lipinski definition) is 1. The molecule has 0 spiro atoms. The van der Waals surface area contributed by atoms with E-state index in [2.05, 4.69) is 38.5 Å². The zero-order valence-electron chi connectivity index (χ0n) is 10.6. The van der Waals surface area contributed by atoms with Crippen molar-refractivity contribution < 1.29 is 5.48 Å². The van der Waals surface area contributed by atoms with Gasteiger partial charge in [-0.2, -0.15) is 0 Å². The first-order valence-electron chi connectivity index (χ1n) is 5.16. The Balaban J connectivity index is 0. The van der Waals surface area contributed by atoms with Crippen LogP contribution in [0.5, 0.6) is 0 Å². The molecule has 0 aliphatic rings. The van der Waals surface area contributed by atoms with Crippen molar-refractivity contribution in [2.24, 2.45) is 0 Å². The second-order valence-electron chi connectivity index (χ2n) is 2.86. The molecule has 2 heteroatoms. The van der Waals surface area contributed by atoms with Gasteiger partial charge in [0.2, 0.25) is 0 Å². The van der Waals surface area contributed by atoms with Crippen molar-refractivity contribution in [1.29, 1.82) is 0 Å². The van der Waals surface area contributed by atoms with Gasteiger partial charge in [-0.3, -0.25) is 0 Å². The van der Waals surface area contributed by atoms with E-state index in [9.17, 15) is 0 Å². The van der Waals surface area contributed by atoms with Crippen molar-refractivity contribution in [2.45, 2.75) is 25.7 Å². The lowest BCUT2D eigenvalue weighted by Gasteiger charge is -2.07. The van der Waals surface area contributed by atoms with Gasteiger partial charge in [0.25, 0.3) is 0 Å². The number of hydrogen-bond donors (Lipinski definition) is 0. The third kappa shape index (κ3) is 4.25. The third-order valence-electron chi connectivity index (χ3n) is 2.04. The highest BCUT2D eigenvalue weighted by Gasteiger charge is 2.01. The molecule has 0 heterocycles. The third-order valence-corrected chi connectivity index (χ3v) is 2.92. The summed E-state index contributed by atoms with van der Waals surface area (Å²) < 4.78 is 0. The average molecular weight is 238 g/mol. The summed E-state index contributed by atoms with van der Waals surface area (Å²) in [4.78, 5) is 1.31. The zero-order chi connectivity index (χ0) is 11.8. The van der Waals surface area contributed by atoms with E-state index in [1.165, 1.54) is 10.5 Å². The van der Waals surface area contributed by atoms with Crippen LogP contribution in [0.1, 0.15) is 30.5 Å². The fraction of sp³-hybridized carbons (Fsp3) is 0.286. The maximum absolute atomic E-state index is 3.79. The highest BCUT2D eigenvalue weighted by molar-refractivity contribution is 7.98. The van der Waals surface area contributed by atoms with Gasteiger partial charge in [-0.05, 0) is 35.9 Å². The van der Waals surface area contributed by atoms with E-state index in [0.717, 1.165) is 11.1 Å². The highest BCUT2D eigenvalue weighted by atomic mass is 32.2. The molecule has 0 atom stereocenters. The molecule has 90 valence electrons. The molecule has 0 fully saturated rings. The molecule has 2 N–H and O–H groups in total. The summed E-state index contributed by atoms with van der Waals surface area (Å²) in [5.41, 5.74) is 3.61. The van der Waals surface area contributed by atoms with Crippen molar-refractivity contribution in [1.82, 2.24) is 0 Å². The SMILES string of the molecule is C=Cc1cc(C)c(SC)cc1C=C.CC.O. The van der Waals surface area contributed by atoms with Crippen LogP contribution in [-0.2, 0) is 0 Å². The molecular weight excluding hydrogens is 216 g/mol. The van der Waals surface area contributed by atoms with E-state index in [-0.39, 0.29) is 5.48 Å². The van der Waals surface area contributed by atoms with Crippen LogP contribution in [-0.4, -0.2) is 11.7 Å². The molecule has 1 nitrogen and oxygen atoms in total. The Labute approximate surface area is 104 Å². The smallest absolute Gasteiger partial charge is 0.0105 e. The molecule has 0 bridgehead atoms. The Morgan fingerprint density at radius 3 is 1.88 bits per heavy atom. The van der Waals surface area contributed by atoms with Crippen LogP contribution in [0.4, 0.5) is 0 Å². The van der Waals surface area contributed by atoms with Crippen LogP contribution in [0.25, 0.3) is 12.2 Å². The lowest BCUT2D eigenvalue weighted by molar-refractivity contribution is 0.824. The summed E-state index contributed by atoms with van der Waals surface area (Å²) in [6, 6.07) is 4.31. The Hall–Kier alpha value is -0.990. The van der Waals surface area contributed by atoms with Gasteiger partial charge in [-0.25, -0.2) is 0 Å². The molecule has 0 saturated carbocycles. The molecule has 0 aliphatic carbocycles. The van der Waals surface area contributed by atoms with Gasteiger partial charge < -0.3 is 5.48 Å². The molecular formula is C14H22OS. The maximum Gasteiger partial charge on any atom is 0.0105 e. The first-order valence-corrected chi connectivity index (χ1v) is 6.39. The quantitative estimate of drug-likeness (QED) is 0.726. The van der Waals surface area contributed by atoms with Crippen LogP contribution in [0.2, 0.25) is 0 Å². The summed E-state index contributed by atoms with van der Waals surface area (Å²) in [6.45, 7) is 13.7. The van der Waals surface area contributed by atoms with Gasteiger partial charge in [0.15, 0.2) is 0 Å². The number of aryl methyl sites for hydroxylation is 1. The van der Waals surface area contributed by atoms with Crippen LogP contribution >= 0.6 is 11.8 Å². The minimum absolute atomic E-state index is 0. The lowest BCUT2D eigenvalue weighted by Crippen LogP contribution is -1.86. The zero-order valence-corrected chi connectivity index (χ0v) is 11.4. The summed E-state index contributed by atoms with van der Waals surface area (Å²) in [5, 5.41) is 0. The van der Waals surface area contributed by atoms with Crippen molar-refractivity contribution in [3.8, 4) is 0 Å². The molecule has 0 amide bonds. The van der Waals surface area contributed by atoms with Gasteiger partial charge in [0.1, 0.15) is 0 Å². The van der Waals surface area contributed by atoms with E-state index >= 15 is 0 Å². The van der Waals surface area contributed by atoms with E-state index in [0.29, 0.717) is 0 Å². The van der Waals surface area contributed by atoms with Crippen LogP contribution in [0.3, 0.4) is 0 Å². The van der Waals surface area contributed by atoms with Crippen molar-refractivity contribution in [2.75, 3.05) is 6.26 Å². The first-order chi connectivity index (χ1) is 7.22. The minimum atomic E-state index is 0. The Morgan fingerprint density at radius 2 is 1.50 bits per heavy atom. The molecule has 0 aromatic heterocycles. The molecule has 0 unspecified atom stereocenters. The molecule has 0 saturated heterocycles. The van der Waals surface area contributed by atoms with E-state index in [1.807, 2.05) is 26.0 Å². The second kappa shape index (κ2) is 9.25. The average Bonchev–Trinajstić information content (AvgIpc) is 2.31. The largest absolute Gasteiger partial charge is 0.412 e. The van der Waals surface area contributed by atoms with Crippen LogP contribution in [0.15, 0.2) is 30.2 Å². The van der Waals surface area contributed by atoms with Gasteiger partial charge >= 0.3 is 0 Å². The molecule has 1 rings (SSSR count). The summed E-state index contributed by atoms with van der Waals surface area (Å²) in [7, 11) is 0. The topological polar surface area (TPSA) is 31.5 Å². The standard InChI is InChI=1S/C12H14S.C2H6.H2O/c1-5-10-7-9(3)12(13-4)8-11(10)6-2;1-2;/h5-8H,1-2H2,3-4H3;1-2H3;1H2. The van der Waals surface area contributed by atoms with Crippen molar-refractivity contribution in [3.05, 3.63) is 42.0 Å². The minimum Gasteiger partial charge on any atom is -0.412 e. The van der Waals surface area contributed by atoms with E-state index < -0.39 is 0 Å². The molecule has 0 radical (unpaired) electrons. The summed E-state index contributed by atoms with van der Waals surface area (Å²) in [5.74, 6) is 0. The van der Waals surface area contributed by atoms with Gasteiger partial charge in [-0.15, -0.1) is 11.8 Å². The van der Waals surface area contributed by atoms with E-state index in [1.54, 1.807) is 11.8 Å². The Morgan fingerprint density at radius 1 is 1.06 bits per heavy atom.